The number of nitrogens with zero attached hydrogens (tertiary/aromatic N) is 2. The molecule has 3 fully saturated rings. The van der Waals surface area contributed by atoms with Crippen LogP contribution in [0, 0.1) is 23.7 Å². The highest BCUT2D eigenvalue weighted by Gasteiger charge is 2.66. The number of ether oxygens (including phenoxy) is 5. The number of aliphatic hydroxyl groups is 3. The number of oxime groups is 1. The van der Waals surface area contributed by atoms with Crippen LogP contribution < -0.4 is 9.47 Å². The number of carbonyl (C=O) groups excluding carboxylic acids is 1. The summed E-state index contributed by atoms with van der Waals surface area (Å²) >= 11 is 0. The lowest BCUT2D eigenvalue weighted by molar-refractivity contribution is -0.258. The monoisotopic (exact) mass is 852 g/mol. The van der Waals surface area contributed by atoms with Gasteiger partial charge in [-0.1, -0.05) is 60.5 Å². The average molecular weight is 853 g/mol. The van der Waals surface area contributed by atoms with Gasteiger partial charge in [0.1, 0.15) is 23.3 Å². The summed E-state index contributed by atoms with van der Waals surface area (Å²) in [7, 11) is 0. The number of benzene rings is 3. The number of allylic oxidation sites excluding steroid dienone is 1. The highest BCUT2D eigenvalue weighted by molar-refractivity contribution is 6.03. The van der Waals surface area contributed by atoms with Gasteiger partial charge in [-0.15, -0.1) is 6.58 Å². The highest BCUT2D eigenvalue weighted by Crippen LogP contribution is 2.62. The fraction of sp³-hybridized carbons (Fsp3) is 0.560. The maximum atomic E-state index is 14.6. The van der Waals surface area contributed by atoms with Crippen LogP contribution in [-0.4, -0.2) is 103 Å². The van der Waals surface area contributed by atoms with Gasteiger partial charge in [-0.05, 0) is 110 Å². The van der Waals surface area contributed by atoms with Gasteiger partial charge in [-0.3, -0.25) is 4.79 Å². The van der Waals surface area contributed by atoms with Crippen molar-refractivity contribution in [1.29, 1.82) is 0 Å². The van der Waals surface area contributed by atoms with E-state index in [4.69, 9.17) is 33.7 Å². The Hall–Kier alpha value is -4.30. The van der Waals surface area contributed by atoms with E-state index in [9.17, 15) is 20.1 Å². The molecule has 3 aromatic rings. The van der Waals surface area contributed by atoms with Gasteiger partial charge in [0.2, 0.25) is 18.0 Å². The van der Waals surface area contributed by atoms with E-state index in [1.165, 1.54) is 0 Å². The summed E-state index contributed by atoms with van der Waals surface area (Å²) in [5, 5.41) is 36.7. The highest BCUT2D eigenvalue weighted by atomic mass is 16.8. The van der Waals surface area contributed by atoms with Gasteiger partial charge in [0.05, 0.1) is 44.7 Å². The number of aliphatic hydroxyl groups excluding tert-OH is 3. The number of amides is 1. The van der Waals surface area contributed by atoms with Crippen LogP contribution in [0.15, 0.2) is 90.1 Å². The normalized spacial score (nSPS) is 27.1. The number of unbranched alkanes of at least 4 members (excludes halogenated alkanes) is 2. The van der Waals surface area contributed by atoms with Crippen molar-refractivity contribution >= 4 is 22.4 Å². The molecule has 3 aromatic carbocycles. The third-order valence-electron chi connectivity index (χ3n) is 13.3. The second-order valence-corrected chi connectivity index (χ2v) is 17.4. The van der Waals surface area contributed by atoms with Crippen molar-refractivity contribution in [2.24, 2.45) is 28.8 Å². The number of carbonyl (C=O) groups is 1. The first-order valence-electron chi connectivity index (χ1n) is 23.0. The zero-order valence-electron chi connectivity index (χ0n) is 35.9. The Morgan fingerprint density at radius 3 is 2.45 bits per heavy atom. The minimum Gasteiger partial charge on any atom is -0.459 e. The van der Waals surface area contributed by atoms with Gasteiger partial charge in [-0.25, -0.2) is 0 Å². The second kappa shape index (κ2) is 20.9. The Kier molecular flexibility index (Phi) is 15.0. The maximum Gasteiger partial charge on any atom is 0.239 e. The van der Waals surface area contributed by atoms with E-state index in [0.29, 0.717) is 37.4 Å². The van der Waals surface area contributed by atoms with Gasteiger partial charge in [0.15, 0.2) is 0 Å². The number of hydrogen-bond acceptors (Lipinski definition) is 11. The van der Waals surface area contributed by atoms with E-state index in [1.54, 1.807) is 6.08 Å². The Balaban J connectivity index is 1.30. The molecule has 0 radical (unpaired) electrons. The van der Waals surface area contributed by atoms with Crippen molar-refractivity contribution in [1.82, 2.24) is 4.90 Å². The van der Waals surface area contributed by atoms with Gasteiger partial charge < -0.3 is 48.7 Å². The Labute approximate surface area is 365 Å². The molecular formula is C50H64N2O10. The van der Waals surface area contributed by atoms with Gasteiger partial charge in [-0.2, -0.15) is 0 Å². The standard InChI is InChI=1S/C50H64N2O10/c1-2-26-59-50-45(52(22-28-57-29-25-55)49(56)35-16-17-35)33-43(51-62-46-15-7-10-27-58-46)41-31-37(13-5-8-23-53)40(14-6-9-24-54)47(48(41)50)42-32-39(20-21-44(42)61-50)60-38-19-18-34-11-3-4-12-36(34)30-38/h2-4,11-12,18-21,30-32,35,37,40,45-48,53-55H,1,5-10,13-17,22-29,33H2/t37-,40+,45-,46?,47+,48+,50+/m0/s1. The summed E-state index contributed by atoms with van der Waals surface area (Å²) in [6.07, 6.45) is 12.9. The van der Waals surface area contributed by atoms with Crippen molar-refractivity contribution in [3.05, 3.63) is 90.5 Å². The molecule has 1 saturated heterocycles. The predicted molar refractivity (Wildman–Crippen MR) is 236 cm³/mol. The molecule has 334 valence electrons. The quantitative estimate of drug-likeness (QED) is 0.0516. The van der Waals surface area contributed by atoms with E-state index in [-0.39, 0.29) is 75.8 Å². The fourth-order valence-corrected chi connectivity index (χ4v) is 10.3. The molecule has 7 atom stereocenters. The molecule has 1 unspecified atom stereocenters. The molecule has 2 saturated carbocycles. The molecule has 12 heteroatoms. The van der Waals surface area contributed by atoms with E-state index in [0.717, 1.165) is 91.2 Å². The lowest BCUT2D eigenvalue weighted by atomic mass is 9.55. The minimum atomic E-state index is -1.37. The Morgan fingerprint density at radius 1 is 0.903 bits per heavy atom. The molecule has 2 heterocycles. The lowest BCUT2D eigenvalue weighted by Crippen LogP contribution is -2.70. The summed E-state index contributed by atoms with van der Waals surface area (Å²) in [5.41, 5.74) is 2.69. The minimum absolute atomic E-state index is 0.0229. The van der Waals surface area contributed by atoms with Crippen LogP contribution in [0.5, 0.6) is 17.2 Å². The summed E-state index contributed by atoms with van der Waals surface area (Å²) in [5.74, 6) is 0.136. The van der Waals surface area contributed by atoms with E-state index >= 15 is 0 Å². The van der Waals surface area contributed by atoms with Crippen LogP contribution in [0.1, 0.15) is 88.5 Å². The maximum absolute atomic E-state index is 14.6. The number of rotatable bonds is 22. The van der Waals surface area contributed by atoms with Crippen molar-refractivity contribution in [2.75, 3.05) is 52.8 Å². The topological polar surface area (TPSA) is 149 Å². The third kappa shape index (κ3) is 9.76. The lowest BCUT2D eigenvalue weighted by Gasteiger charge is -2.60. The molecule has 8 rings (SSSR count). The summed E-state index contributed by atoms with van der Waals surface area (Å²) < 4.78 is 33.0. The summed E-state index contributed by atoms with van der Waals surface area (Å²) in [6.45, 7) is 5.60. The van der Waals surface area contributed by atoms with Crippen LogP contribution in [0.2, 0.25) is 0 Å². The van der Waals surface area contributed by atoms with Crippen LogP contribution in [0.25, 0.3) is 10.8 Å². The molecule has 5 aliphatic rings. The SMILES string of the molecule is C=CCO[C@@]12Oc3ccc(Oc4ccc5ccccc5c4)cc3[C@H]3[C@H](CCCCO)[C@@H](CCCCO)C=C(C(=NOC4CCCCO4)C[C@@H]1N(CCOCCO)C(=O)C1CC1)[C@H]32. The van der Waals surface area contributed by atoms with E-state index in [2.05, 4.69) is 43.0 Å². The Morgan fingerprint density at radius 2 is 1.69 bits per heavy atom. The first kappa shape index (κ1) is 44.3. The zero-order chi connectivity index (χ0) is 42.9. The smallest absolute Gasteiger partial charge is 0.239 e. The predicted octanol–water partition coefficient (Wildman–Crippen LogP) is 8.04. The summed E-state index contributed by atoms with van der Waals surface area (Å²) in [4.78, 5) is 22.8. The van der Waals surface area contributed by atoms with Crippen molar-refractivity contribution in [2.45, 2.75) is 101 Å². The summed E-state index contributed by atoms with van der Waals surface area (Å²) in [6, 6.07) is 19.7. The van der Waals surface area contributed by atoms with Crippen molar-refractivity contribution < 1.29 is 48.6 Å². The van der Waals surface area contributed by atoms with Gasteiger partial charge in [0, 0.05) is 50.0 Å². The molecule has 62 heavy (non-hydrogen) atoms. The first-order valence-corrected chi connectivity index (χ1v) is 23.0. The van der Waals surface area contributed by atoms with Crippen LogP contribution >= 0.6 is 0 Å². The van der Waals surface area contributed by atoms with Crippen molar-refractivity contribution in [3.8, 4) is 17.2 Å². The molecule has 2 aliphatic heterocycles. The fourth-order valence-electron chi connectivity index (χ4n) is 10.3. The molecular weight excluding hydrogens is 789 g/mol. The molecule has 3 N–H and O–H groups in total. The first-order chi connectivity index (χ1) is 30.5. The largest absolute Gasteiger partial charge is 0.459 e. The third-order valence-corrected chi connectivity index (χ3v) is 13.3. The number of fused-ring (bicyclic) bond motifs is 3. The van der Waals surface area contributed by atoms with Gasteiger partial charge >= 0.3 is 0 Å². The zero-order valence-corrected chi connectivity index (χ0v) is 35.9. The van der Waals surface area contributed by atoms with Crippen LogP contribution in [0.4, 0.5) is 0 Å². The van der Waals surface area contributed by atoms with Gasteiger partial charge in [0.25, 0.3) is 0 Å². The molecule has 1 amide bonds. The van der Waals surface area contributed by atoms with Crippen LogP contribution in [0.3, 0.4) is 0 Å². The number of hydrogen-bond donors (Lipinski definition) is 3. The Bertz CT molecular complexity index is 2040. The average Bonchev–Trinajstić information content (AvgIpc) is 4.15. The van der Waals surface area contributed by atoms with Crippen molar-refractivity contribution in [3.63, 3.8) is 0 Å². The molecule has 0 spiro atoms. The van der Waals surface area contributed by atoms with Crippen LogP contribution in [-0.2, 0) is 23.8 Å². The molecule has 0 aromatic heterocycles. The van der Waals surface area contributed by atoms with E-state index < -0.39 is 24.0 Å². The molecule has 3 aliphatic carbocycles. The second-order valence-electron chi connectivity index (χ2n) is 17.4. The molecule has 12 nitrogen and oxygen atoms in total. The molecule has 0 bridgehead atoms. The van der Waals surface area contributed by atoms with E-state index in [1.807, 2.05) is 35.2 Å².